The van der Waals surface area contributed by atoms with Gasteiger partial charge in [-0.3, -0.25) is 9.98 Å². The van der Waals surface area contributed by atoms with Gasteiger partial charge in [-0.1, -0.05) is 24.3 Å². The molecule has 1 heterocycles. The highest BCUT2D eigenvalue weighted by Gasteiger charge is 2.22. The smallest absolute Gasteiger partial charge is 0.341 e. The van der Waals surface area contributed by atoms with Gasteiger partial charge in [-0.25, -0.2) is 9.59 Å². The van der Waals surface area contributed by atoms with Crippen LogP contribution >= 0.6 is 0 Å². The van der Waals surface area contributed by atoms with E-state index in [2.05, 4.69) is 10.6 Å². The maximum absolute atomic E-state index is 13.0. The van der Waals surface area contributed by atoms with Gasteiger partial charge in [0.25, 0.3) is 0 Å². The molecule has 0 saturated heterocycles. The summed E-state index contributed by atoms with van der Waals surface area (Å²) in [6, 6.07) is 14.8. The number of anilines is 2. The molecule has 188 valence electrons. The van der Waals surface area contributed by atoms with E-state index in [9.17, 15) is 9.59 Å². The molecule has 0 radical (unpaired) electrons. The number of hydrogen-bond donors (Lipinski definition) is 2. The minimum atomic E-state index is -0.473. The summed E-state index contributed by atoms with van der Waals surface area (Å²) in [5.74, 6) is -0.946. The van der Waals surface area contributed by atoms with Crippen LogP contribution < -0.4 is 10.6 Å². The predicted molar refractivity (Wildman–Crippen MR) is 144 cm³/mol. The van der Waals surface area contributed by atoms with Crippen molar-refractivity contribution < 1.29 is 19.1 Å². The van der Waals surface area contributed by atoms with E-state index in [1.807, 2.05) is 48.5 Å². The quantitative estimate of drug-likeness (QED) is 0.506. The molecule has 1 aliphatic heterocycles. The van der Waals surface area contributed by atoms with E-state index < -0.39 is 11.9 Å². The lowest BCUT2D eigenvalue weighted by Gasteiger charge is -2.18. The minimum Gasteiger partial charge on any atom is -0.462 e. The first-order valence-electron chi connectivity index (χ1n) is 11.9. The molecule has 0 atom stereocenters. The van der Waals surface area contributed by atoms with E-state index in [1.165, 1.54) is 0 Å². The number of para-hydroxylation sites is 4. The fourth-order valence-electron chi connectivity index (χ4n) is 3.91. The maximum Gasteiger partial charge on any atom is 0.341 e. The number of rotatable bonds is 4. The van der Waals surface area contributed by atoms with Gasteiger partial charge in [-0.15, -0.1) is 0 Å². The van der Waals surface area contributed by atoms with E-state index in [-0.39, 0.29) is 13.2 Å². The number of nitrogens with zero attached hydrogens (tertiary/aromatic N) is 2. The molecule has 0 aliphatic carbocycles. The fourth-order valence-corrected chi connectivity index (χ4v) is 3.91. The average molecular weight is 489 g/mol. The van der Waals surface area contributed by atoms with Crippen molar-refractivity contribution in [1.82, 2.24) is 0 Å². The molecule has 0 bridgehead atoms. The fraction of sp³-hybridized carbons (Fsp3) is 0.286. The Morgan fingerprint density at radius 2 is 1.03 bits per heavy atom. The molecule has 0 unspecified atom stereocenters. The molecule has 0 aromatic heterocycles. The van der Waals surface area contributed by atoms with E-state index in [0.29, 0.717) is 56.7 Å². The summed E-state index contributed by atoms with van der Waals surface area (Å²) < 4.78 is 10.7. The van der Waals surface area contributed by atoms with Gasteiger partial charge < -0.3 is 20.1 Å². The Morgan fingerprint density at radius 1 is 0.667 bits per heavy atom. The van der Waals surface area contributed by atoms with Crippen LogP contribution in [-0.2, 0) is 19.1 Å². The van der Waals surface area contributed by atoms with Crippen LogP contribution in [0, 0.1) is 0 Å². The van der Waals surface area contributed by atoms with Crippen LogP contribution in [0.3, 0.4) is 0 Å². The molecule has 36 heavy (non-hydrogen) atoms. The van der Waals surface area contributed by atoms with E-state index >= 15 is 0 Å². The van der Waals surface area contributed by atoms with Gasteiger partial charge in [-0.2, -0.15) is 0 Å². The van der Waals surface area contributed by atoms with Crippen molar-refractivity contribution in [3.8, 4) is 0 Å². The normalized spacial score (nSPS) is 18.3. The van der Waals surface area contributed by atoms with Crippen LogP contribution in [0.25, 0.3) is 0 Å². The van der Waals surface area contributed by atoms with Crippen molar-refractivity contribution in [2.45, 2.75) is 41.5 Å². The van der Waals surface area contributed by atoms with Gasteiger partial charge in [-0.05, 0) is 65.8 Å². The predicted octanol–water partition coefficient (Wildman–Crippen LogP) is 6.08. The Labute approximate surface area is 211 Å². The highest BCUT2D eigenvalue weighted by atomic mass is 16.5. The third-order valence-corrected chi connectivity index (χ3v) is 5.46. The molecule has 0 spiro atoms. The molecular weight excluding hydrogens is 456 g/mol. The van der Waals surface area contributed by atoms with Crippen LogP contribution in [0.2, 0.25) is 0 Å². The van der Waals surface area contributed by atoms with Gasteiger partial charge in [0.1, 0.15) is 0 Å². The van der Waals surface area contributed by atoms with Crippen molar-refractivity contribution in [1.29, 1.82) is 0 Å². The van der Waals surface area contributed by atoms with Crippen LogP contribution in [0.5, 0.6) is 0 Å². The zero-order valence-electron chi connectivity index (χ0n) is 21.6. The summed E-state index contributed by atoms with van der Waals surface area (Å²) in [7, 11) is 0. The Bertz CT molecular complexity index is 1190. The van der Waals surface area contributed by atoms with Crippen LogP contribution in [0.15, 0.2) is 81.1 Å². The number of carbonyl (C=O) groups excluding carboxylic acids is 2. The molecule has 2 N–H and O–H groups in total. The summed E-state index contributed by atoms with van der Waals surface area (Å²) in [6.07, 6.45) is 0. The first-order chi connectivity index (χ1) is 17.3. The number of hydrogen-bond acceptors (Lipinski definition) is 8. The molecular formula is C28H32N4O4. The summed E-state index contributed by atoms with van der Waals surface area (Å²) >= 11 is 0. The van der Waals surface area contributed by atoms with Crippen molar-refractivity contribution >= 4 is 46.1 Å². The van der Waals surface area contributed by atoms with Gasteiger partial charge in [0, 0.05) is 11.4 Å². The number of benzene rings is 2. The Morgan fingerprint density at radius 3 is 1.39 bits per heavy atom. The molecule has 0 saturated carbocycles. The summed E-state index contributed by atoms with van der Waals surface area (Å²) in [4.78, 5) is 35.5. The summed E-state index contributed by atoms with van der Waals surface area (Å²) in [5.41, 5.74) is 5.27. The molecule has 8 nitrogen and oxygen atoms in total. The number of esters is 2. The van der Waals surface area contributed by atoms with Gasteiger partial charge in [0.15, 0.2) is 0 Å². The Balaban J connectivity index is 2.33. The zero-order valence-corrected chi connectivity index (χ0v) is 21.6. The Hall–Kier alpha value is -4.20. The second-order valence-electron chi connectivity index (χ2n) is 8.12. The van der Waals surface area contributed by atoms with Crippen molar-refractivity contribution in [3.63, 3.8) is 0 Å². The Kier molecular flexibility index (Phi) is 8.78. The molecule has 8 heteroatoms. The first kappa shape index (κ1) is 26.4. The zero-order chi connectivity index (χ0) is 26.2. The minimum absolute atomic E-state index is 0.238. The van der Waals surface area contributed by atoms with Gasteiger partial charge in [0.05, 0.1) is 58.5 Å². The largest absolute Gasteiger partial charge is 0.462 e. The molecule has 2 aromatic carbocycles. The lowest BCUT2D eigenvalue weighted by Crippen LogP contribution is -2.19. The second kappa shape index (κ2) is 12.0. The average Bonchev–Trinajstić information content (AvgIpc) is 2.81. The van der Waals surface area contributed by atoms with Crippen LogP contribution in [-0.4, -0.2) is 36.6 Å². The van der Waals surface area contributed by atoms with E-state index in [4.69, 9.17) is 19.5 Å². The van der Waals surface area contributed by atoms with Crippen molar-refractivity contribution in [3.05, 3.63) is 71.1 Å². The third kappa shape index (κ3) is 6.07. The second-order valence-corrected chi connectivity index (χ2v) is 8.12. The monoisotopic (exact) mass is 488 g/mol. The third-order valence-electron chi connectivity index (χ3n) is 5.46. The van der Waals surface area contributed by atoms with Crippen molar-refractivity contribution in [2.24, 2.45) is 9.98 Å². The molecule has 0 amide bonds. The van der Waals surface area contributed by atoms with E-state index in [0.717, 1.165) is 0 Å². The van der Waals surface area contributed by atoms with Crippen LogP contribution in [0.1, 0.15) is 41.5 Å². The lowest BCUT2D eigenvalue weighted by atomic mass is 10.1. The van der Waals surface area contributed by atoms with Crippen molar-refractivity contribution in [2.75, 3.05) is 23.8 Å². The van der Waals surface area contributed by atoms with E-state index in [1.54, 1.807) is 41.5 Å². The van der Waals surface area contributed by atoms with Gasteiger partial charge >= 0.3 is 11.9 Å². The van der Waals surface area contributed by atoms with Gasteiger partial charge in [0.2, 0.25) is 0 Å². The number of allylic oxidation sites excluding steroid dienone is 2. The number of aliphatic imine (C=N–C) groups is 2. The number of fused-ring (bicyclic) bond motifs is 2. The topological polar surface area (TPSA) is 101 Å². The highest BCUT2D eigenvalue weighted by molar-refractivity contribution is 6.21. The highest BCUT2D eigenvalue weighted by Crippen LogP contribution is 2.31. The number of carbonyl (C=O) groups is 2. The molecule has 2 aromatic rings. The summed E-state index contributed by atoms with van der Waals surface area (Å²) in [5, 5.41) is 6.60. The standard InChI is InChI=1S/C28H32N4O4/c1-7-35-27(33)25-17(3)29-21-13-9-11-15-23(21)31-19(5)26(28(34)36-8-2)20(6)32-24-16-12-10-14-22(24)30-18(25)4/h9-16,29,32H,7-8H2,1-6H3/b25-17+,26-20+,30-18?,31-19?. The SMILES string of the molecule is CCOC(=O)/C1=C(\C)Nc2ccccc2N=C(C)/C(C(=O)OCC)=C(/C)Nc2ccccc2N=C1C. The lowest BCUT2D eigenvalue weighted by molar-refractivity contribution is -0.138. The van der Waals surface area contributed by atoms with Crippen LogP contribution in [0.4, 0.5) is 22.7 Å². The molecule has 0 fully saturated rings. The maximum atomic E-state index is 13.0. The molecule has 1 aliphatic rings. The first-order valence-corrected chi connectivity index (χ1v) is 11.9. The molecule has 3 rings (SSSR count). The summed E-state index contributed by atoms with van der Waals surface area (Å²) in [6.45, 7) is 11.1. The number of ether oxygens (including phenoxy) is 2. The number of nitrogens with one attached hydrogen (secondary N) is 2.